The molecule has 0 aromatic rings. The number of rotatable bonds is 2. The largest absolute Gasteiger partial charge is 0.481 e. The summed E-state index contributed by atoms with van der Waals surface area (Å²) in [5.74, 6) is -0.548. The Morgan fingerprint density at radius 1 is 1.64 bits per heavy atom. The van der Waals surface area contributed by atoms with Crippen molar-refractivity contribution < 1.29 is 14.6 Å². The number of carboxylic acid groups (broad SMARTS) is 1. The van der Waals surface area contributed by atoms with Gasteiger partial charge in [0.15, 0.2) is 0 Å². The van der Waals surface area contributed by atoms with Crippen molar-refractivity contribution in [1.82, 2.24) is 0 Å². The summed E-state index contributed by atoms with van der Waals surface area (Å²) in [6.07, 6.45) is 0.874. The van der Waals surface area contributed by atoms with Crippen molar-refractivity contribution >= 4 is 5.97 Å². The predicted octanol–water partition coefficient (Wildman–Crippen LogP) is 1.13. The zero-order valence-electron chi connectivity index (χ0n) is 6.96. The molecule has 0 radical (unpaired) electrons. The van der Waals surface area contributed by atoms with E-state index in [9.17, 15) is 4.79 Å². The van der Waals surface area contributed by atoms with Crippen LogP contribution >= 0.6 is 0 Å². The van der Waals surface area contributed by atoms with Crippen LogP contribution in [0, 0.1) is 11.3 Å². The van der Waals surface area contributed by atoms with Crippen LogP contribution in [-0.4, -0.2) is 24.3 Å². The second kappa shape index (κ2) is 2.81. The average Bonchev–Trinajstić information content (AvgIpc) is 2.37. The van der Waals surface area contributed by atoms with Gasteiger partial charge in [0.05, 0.1) is 12.0 Å². The molecular weight excluding hydrogens is 144 g/mol. The summed E-state index contributed by atoms with van der Waals surface area (Å²) < 4.78 is 5.13. The van der Waals surface area contributed by atoms with E-state index in [0.717, 1.165) is 6.42 Å². The molecule has 1 rings (SSSR count). The van der Waals surface area contributed by atoms with Gasteiger partial charge in [-0.1, -0.05) is 0 Å². The van der Waals surface area contributed by atoms with Gasteiger partial charge in [-0.25, -0.2) is 0 Å². The highest BCUT2D eigenvalue weighted by Crippen LogP contribution is 2.33. The molecule has 0 spiro atoms. The molecule has 0 aliphatic carbocycles. The summed E-state index contributed by atoms with van der Waals surface area (Å²) in [5, 5.41) is 8.85. The first-order chi connectivity index (χ1) is 5.05. The van der Waals surface area contributed by atoms with E-state index in [4.69, 9.17) is 9.84 Å². The van der Waals surface area contributed by atoms with E-state index in [2.05, 4.69) is 0 Å². The Labute approximate surface area is 66.4 Å². The molecule has 0 bridgehead atoms. The van der Waals surface area contributed by atoms with Gasteiger partial charge >= 0.3 is 5.97 Å². The van der Waals surface area contributed by atoms with Crippen LogP contribution in [0.2, 0.25) is 0 Å². The normalized spacial score (nSPS) is 25.5. The van der Waals surface area contributed by atoms with E-state index in [1.54, 1.807) is 13.8 Å². The first kappa shape index (κ1) is 8.53. The molecule has 3 heteroatoms. The third-order valence-electron chi connectivity index (χ3n) is 2.50. The average molecular weight is 158 g/mol. The Morgan fingerprint density at radius 2 is 2.27 bits per heavy atom. The number of ether oxygens (including phenoxy) is 1. The first-order valence-electron chi connectivity index (χ1n) is 3.86. The molecule has 1 atom stereocenters. The van der Waals surface area contributed by atoms with Gasteiger partial charge in [0.1, 0.15) is 0 Å². The topological polar surface area (TPSA) is 46.5 Å². The highest BCUT2D eigenvalue weighted by atomic mass is 16.5. The Kier molecular flexibility index (Phi) is 2.18. The zero-order valence-corrected chi connectivity index (χ0v) is 6.96. The van der Waals surface area contributed by atoms with E-state index >= 15 is 0 Å². The molecule has 0 saturated carbocycles. The van der Waals surface area contributed by atoms with Gasteiger partial charge in [-0.2, -0.15) is 0 Å². The number of hydrogen-bond donors (Lipinski definition) is 1. The molecule has 0 aromatic carbocycles. The lowest BCUT2D eigenvalue weighted by Crippen LogP contribution is -2.33. The minimum Gasteiger partial charge on any atom is -0.481 e. The second-order valence-corrected chi connectivity index (χ2v) is 3.59. The van der Waals surface area contributed by atoms with Crippen LogP contribution in [0.15, 0.2) is 0 Å². The number of aliphatic carboxylic acids is 1. The smallest absolute Gasteiger partial charge is 0.309 e. The van der Waals surface area contributed by atoms with Crippen molar-refractivity contribution in [2.75, 3.05) is 13.2 Å². The van der Waals surface area contributed by atoms with Crippen LogP contribution in [-0.2, 0) is 9.53 Å². The lowest BCUT2D eigenvalue weighted by Gasteiger charge is -2.24. The Balaban J connectivity index is 2.62. The maximum atomic E-state index is 10.8. The highest BCUT2D eigenvalue weighted by molar-refractivity contribution is 5.74. The SMILES string of the molecule is CC(C)(C(=O)O)C1CCOC1. The first-order valence-corrected chi connectivity index (χ1v) is 3.86. The Morgan fingerprint density at radius 3 is 2.64 bits per heavy atom. The summed E-state index contributed by atoms with van der Waals surface area (Å²) in [4.78, 5) is 10.8. The van der Waals surface area contributed by atoms with Crippen molar-refractivity contribution in [3.05, 3.63) is 0 Å². The molecule has 1 fully saturated rings. The van der Waals surface area contributed by atoms with Gasteiger partial charge in [-0.15, -0.1) is 0 Å². The highest BCUT2D eigenvalue weighted by Gasteiger charge is 2.38. The molecule has 11 heavy (non-hydrogen) atoms. The predicted molar refractivity (Wildman–Crippen MR) is 40.3 cm³/mol. The van der Waals surface area contributed by atoms with Crippen LogP contribution < -0.4 is 0 Å². The number of carboxylic acids is 1. The van der Waals surface area contributed by atoms with Gasteiger partial charge in [0, 0.05) is 6.61 Å². The van der Waals surface area contributed by atoms with Crippen molar-refractivity contribution in [3.8, 4) is 0 Å². The molecule has 64 valence electrons. The molecule has 1 aliphatic rings. The number of carbonyl (C=O) groups is 1. The fourth-order valence-corrected chi connectivity index (χ4v) is 1.28. The van der Waals surface area contributed by atoms with Crippen molar-refractivity contribution in [2.24, 2.45) is 11.3 Å². The van der Waals surface area contributed by atoms with Gasteiger partial charge in [0.2, 0.25) is 0 Å². The fourth-order valence-electron chi connectivity index (χ4n) is 1.28. The summed E-state index contributed by atoms with van der Waals surface area (Å²) in [5.41, 5.74) is -0.628. The standard InChI is InChI=1S/C8H14O3/c1-8(2,7(9)10)6-3-4-11-5-6/h6H,3-5H2,1-2H3,(H,9,10). The van der Waals surface area contributed by atoms with Crippen LogP contribution in [0.4, 0.5) is 0 Å². The van der Waals surface area contributed by atoms with Gasteiger partial charge in [-0.05, 0) is 26.2 Å². The maximum Gasteiger partial charge on any atom is 0.309 e. The Hall–Kier alpha value is -0.570. The van der Waals surface area contributed by atoms with E-state index in [1.165, 1.54) is 0 Å². The summed E-state index contributed by atoms with van der Waals surface area (Å²) in [6, 6.07) is 0. The van der Waals surface area contributed by atoms with Crippen LogP contribution in [0.1, 0.15) is 20.3 Å². The molecule has 1 heterocycles. The van der Waals surface area contributed by atoms with E-state index in [-0.39, 0.29) is 5.92 Å². The van der Waals surface area contributed by atoms with Crippen LogP contribution in [0.5, 0.6) is 0 Å². The molecule has 1 unspecified atom stereocenters. The van der Waals surface area contributed by atoms with Crippen LogP contribution in [0.3, 0.4) is 0 Å². The third kappa shape index (κ3) is 1.53. The van der Waals surface area contributed by atoms with E-state index in [1.807, 2.05) is 0 Å². The van der Waals surface area contributed by atoms with Gasteiger partial charge < -0.3 is 9.84 Å². The van der Waals surface area contributed by atoms with E-state index in [0.29, 0.717) is 13.2 Å². The molecule has 0 amide bonds. The quantitative estimate of drug-likeness (QED) is 0.655. The zero-order chi connectivity index (χ0) is 8.48. The Bertz CT molecular complexity index is 157. The number of hydrogen-bond acceptors (Lipinski definition) is 2. The minimum absolute atomic E-state index is 0.181. The monoisotopic (exact) mass is 158 g/mol. The van der Waals surface area contributed by atoms with E-state index < -0.39 is 11.4 Å². The summed E-state index contributed by atoms with van der Waals surface area (Å²) in [6.45, 7) is 4.82. The van der Waals surface area contributed by atoms with Crippen molar-refractivity contribution in [2.45, 2.75) is 20.3 Å². The van der Waals surface area contributed by atoms with Crippen LogP contribution in [0.25, 0.3) is 0 Å². The second-order valence-electron chi connectivity index (χ2n) is 3.59. The summed E-state index contributed by atoms with van der Waals surface area (Å²) in [7, 11) is 0. The third-order valence-corrected chi connectivity index (χ3v) is 2.50. The molecule has 1 saturated heterocycles. The fraction of sp³-hybridized carbons (Fsp3) is 0.875. The molecular formula is C8H14O3. The molecule has 0 aromatic heterocycles. The van der Waals surface area contributed by atoms with Crippen molar-refractivity contribution in [3.63, 3.8) is 0 Å². The van der Waals surface area contributed by atoms with Crippen molar-refractivity contribution in [1.29, 1.82) is 0 Å². The lowest BCUT2D eigenvalue weighted by molar-refractivity contribution is -0.150. The minimum atomic E-state index is -0.729. The summed E-state index contributed by atoms with van der Waals surface area (Å²) >= 11 is 0. The molecule has 1 aliphatic heterocycles. The lowest BCUT2D eigenvalue weighted by atomic mass is 9.78. The molecule has 3 nitrogen and oxygen atoms in total. The van der Waals surface area contributed by atoms with Gasteiger partial charge in [-0.3, -0.25) is 4.79 Å². The molecule has 1 N–H and O–H groups in total. The maximum absolute atomic E-state index is 10.8. The van der Waals surface area contributed by atoms with Gasteiger partial charge in [0.25, 0.3) is 0 Å².